The van der Waals surface area contributed by atoms with Gasteiger partial charge in [0.1, 0.15) is 12.1 Å². The fourth-order valence-corrected chi connectivity index (χ4v) is 2.45. The molecule has 0 radical (unpaired) electrons. The number of unbranched alkanes of at least 4 members (excludes halogenated alkanes) is 3. The molecule has 0 aliphatic heterocycles. The molecule has 0 N–H and O–H groups in total. The van der Waals surface area contributed by atoms with Crippen LogP contribution in [-0.4, -0.2) is 12.0 Å². The number of halogens is 1. The summed E-state index contributed by atoms with van der Waals surface area (Å²) in [6, 6.07) is 0. The second-order valence-electron chi connectivity index (χ2n) is 3.57. The molecule has 0 atom stereocenters. The first kappa shape index (κ1) is 12.5. The molecule has 0 aromatic rings. The van der Waals surface area contributed by atoms with Crippen LogP contribution in [0.2, 0.25) is 0 Å². The monoisotopic (exact) mass is 228 g/mol. The molecule has 0 aromatic heterocycles. The second kappa shape index (κ2) is 7.69. The summed E-state index contributed by atoms with van der Waals surface area (Å²) in [6.07, 6.45) is 9.99. The number of carbonyl (C=O) groups excluding carboxylic acids is 1. The smallest absolute Gasteiger partial charge is 0.119 e. The highest BCUT2D eigenvalue weighted by molar-refractivity contribution is 8.03. The second-order valence-corrected chi connectivity index (χ2v) is 4.71. The molecule has 3 heteroatoms. The van der Waals surface area contributed by atoms with Crippen LogP contribution in [-0.2, 0) is 4.79 Å². The van der Waals surface area contributed by atoms with Crippen molar-refractivity contribution in [3.05, 3.63) is 22.9 Å². The third kappa shape index (κ3) is 5.17. The van der Waals surface area contributed by atoms with E-state index < -0.39 is 0 Å². The van der Waals surface area contributed by atoms with Crippen molar-refractivity contribution < 1.29 is 9.18 Å². The molecule has 0 bridgehead atoms. The van der Waals surface area contributed by atoms with Gasteiger partial charge < -0.3 is 4.79 Å². The molecule has 84 valence electrons. The number of aldehydes is 1. The Bertz CT molecular complexity index is 258. The van der Waals surface area contributed by atoms with Crippen molar-refractivity contribution >= 4 is 18.0 Å². The summed E-state index contributed by atoms with van der Waals surface area (Å²) in [5, 5.41) is 0. The minimum Gasteiger partial charge on any atom is -0.303 e. The predicted octanol–water partition coefficient (Wildman–Crippen LogP) is 4.01. The molecular weight excluding hydrogens is 211 g/mol. The highest BCUT2D eigenvalue weighted by Gasteiger charge is 2.07. The highest BCUT2D eigenvalue weighted by atomic mass is 32.2. The van der Waals surface area contributed by atoms with Crippen LogP contribution in [0.5, 0.6) is 0 Å². The minimum absolute atomic E-state index is 0.0374. The molecule has 0 amide bonds. The van der Waals surface area contributed by atoms with E-state index in [-0.39, 0.29) is 5.83 Å². The van der Waals surface area contributed by atoms with E-state index in [1.807, 2.05) is 12.2 Å². The lowest BCUT2D eigenvalue weighted by atomic mass is 10.2. The zero-order valence-corrected chi connectivity index (χ0v) is 9.69. The number of allylic oxidation sites excluding steroid dienone is 3. The molecule has 0 saturated carbocycles. The lowest BCUT2D eigenvalue weighted by Gasteiger charge is -2.08. The summed E-state index contributed by atoms with van der Waals surface area (Å²) in [7, 11) is 0. The van der Waals surface area contributed by atoms with Crippen LogP contribution in [0.3, 0.4) is 0 Å². The SMILES string of the molecule is O=CCCCCCSC1=C(F)CCC=C1. The number of rotatable bonds is 7. The molecule has 1 nitrogen and oxygen atoms in total. The van der Waals surface area contributed by atoms with Gasteiger partial charge in [0.05, 0.1) is 0 Å². The van der Waals surface area contributed by atoms with E-state index in [1.54, 1.807) is 11.8 Å². The van der Waals surface area contributed by atoms with E-state index in [0.717, 1.165) is 42.6 Å². The van der Waals surface area contributed by atoms with Gasteiger partial charge in [0.15, 0.2) is 0 Å². The number of carbonyl (C=O) groups is 1. The van der Waals surface area contributed by atoms with Gasteiger partial charge in [-0.05, 0) is 31.1 Å². The van der Waals surface area contributed by atoms with Gasteiger partial charge in [-0.25, -0.2) is 4.39 Å². The van der Waals surface area contributed by atoms with Crippen molar-refractivity contribution in [2.75, 3.05) is 5.75 Å². The van der Waals surface area contributed by atoms with E-state index in [0.29, 0.717) is 12.8 Å². The highest BCUT2D eigenvalue weighted by Crippen LogP contribution is 2.29. The zero-order valence-electron chi connectivity index (χ0n) is 8.88. The third-order valence-corrected chi connectivity index (χ3v) is 3.45. The van der Waals surface area contributed by atoms with E-state index in [4.69, 9.17) is 0 Å². The Morgan fingerprint density at radius 1 is 1.40 bits per heavy atom. The Labute approximate surface area is 94.8 Å². The fraction of sp³-hybridized carbons (Fsp3) is 0.583. The van der Waals surface area contributed by atoms with Gasteiger partial charge in [0.2, 0.25) is 0 Å². The summed E-state index contributed by atoms with van der Waals surface area (Å²) in [5.74, 6) is 0.988. The van der Waals surface area contributed by atoms with Gasteiger partial charge in [-0.3, -0.25) is 0 Å². The van der Waals surface area contributed by atoms with Crippen molar-refractivity contribution in [1.82, 2.24) is 0 Å². The van der Waals surface area contributed by atoms with Crippen LogP contribution in [0.25, 0.3) is 0 Å². The van der Waals surface area contributed by atoms with E-state index in [1.165, 1.54) is 0 Å². The molecule has 0 spiro atoms. The average molecular weight is 228 g/mol. The average Bonchev–Trinajstić information content (AvgIpc) is 2.25. The lowest BCUT2D eigenvalue weighted by molar-refractivity contribution is -0.107. The van der Waals surface area contributed by atoms with Gasteiger partial charge in [0, 0.05) is 17.7 Å². The summed E-state index contributed by atoms with van der Waals surface area (Å²) in [6.45, 7) is 0. The first-order valence-electron chi connectivity index (χ1n) is 5.46. The molecule has 0 unspecified atom stereocenters. The van der Waals surface area contributed by atoms with Crippen molar-refractivity contribution in [1.29, 1.82) is 0 Å². The van der Waals surface area contributed by atoms with Crippen LogP contribution >= 0.6 is 11.8 Å². The maximum atomic E-state index is 13.2. The first-order chi connectivity index (χ1) is 7.34. The predicted molar refractivity (Wildman–Crippen MR) is 63.5 cm³/mol. The summed E-state index contributed by atoms with van der Waals surface area (Å²) in [5.41, 5.74) is 0. The number of hydrogen-bond acceptors (Lipinski definition) is 2. The standard InChI is InChI=1S/C12H17FOS/c13-11-7-3-4-8-12(11)15-10-6-2-1-5-9-14/h4,8-9H,1-3,5-7,10H2. The molecule has 1 rings (SSSR count). The molecular formula is C12H17FOS. The van der Waals surface area contributed by atoms with E-state index in [2.05, 4.69) is 0 Å². The van der Waals surface area contributed by atoms with Gasteiger partial charge in [-0.1, -0.05) is 12.5 Å². The minimum atomic E-state index is 0.0374. The van der Waals surface area contributed by atoms with Crippen LogP contribution in [0, 0.1) is 0 Å². The van der Waals surface area contributed by atoms with E-state index >= 15 is 0 Å². The van der Waals surface area contributed by atoms with Gasteiger partial charge >= 0.3 is 0 Å². The Balaban J connectivity index is 2.09. The van der Waals surface area contributed by atoms with Crippen LogP contribution < -0.4 is 0 Å². The van der Waals surface area contributed by atoms with Gasteiger partial charge in [-0.15, -0.1) is 11.8 Å². The molecule has 0 aromatic carbocycles. The van der Waals surface area contributed by atoms with Crippen LogP contribution in [0.4, 0.5) is 4.39 Å². The molecule has 0 fully saturated rings. The summed E-state index contributed by atoms with van der Waals surface area (Å²) < 4.78 is 13.2. The van der Waals surface area contributed by atoms with Gasteiger partial charge in [0.25, 0.3) is 0 Å². The first-order valence-corrected chi connectivity index (χ1v) is 6.45. The largest absolute Gasteiger partial charge is 0.303 e. The van der Waals surface area contributed by atoms with Crippen molar-refractivity contribution in [2.24, 2.45) is 0 Å². The molecule has 0 heterocycles. The number of hydrogen-bond donors (Lipinski definition) is 0. The number of thioether (sulfide) groups is 1. The summed E-state index contributed by atoms with van der Waals surface area (Å²) in [4.78, 5) is 10.9. The van der Waals surface area contributed by atoms with Crippen LogP contribution in [0.1, 0.15) is 38.5 Å². The van der Waals surface area contributed by atoms with Crippen molar-refractivity contribution in [2.45, 2.75) is 38.5 Å². The normalized spacial score (nSPS) is 15.8. The lowest BCUT2D eigenvalue weighted by Crippen LogP contribution is -1.89. The molecule has 15 heavy (non-hydrogen) atoms. The molecule has 1 aliphatic rings. The molecule has 1 aliphatic carbocycles. The van der Waals surface area contributed by atoms with Gasteiger partial charge in [-0.2, -0.15) is 0 Å². The maximum Gasteiger partial charge on any atom is 0.119 e. The van der Waals surface area contributed by atoms with E-state index in [9.17, 15) is 9.18 Å². The summed E-state index contributed by atoms with van der Waals surface area (Å²) >= 11 is 1.59. The third-order valence-electron chi connectivity index (χ3n) is 2.29. The Kier molecular flexibility index (Phi) is 6.41. The topological polar surface area (TPSA) is 17.1 Å². The molecule has 0 saturated heterocycles. The quantitative estimate of drug-likeness (QED) is 0.484. The zero-order chi connectivity index (χ0) is 10.9. The Morgan fingerprint density at radius 3 is 3.00 bits per heavy atom. The Morgan fingerprint density at radius 2 is 2.27 bits per heavy atom. The Hall–Kier alpha value is -0.570. The van der Waals surface area contributed by atoms with Crippen LogP contribution in [0.15, 0.2) is 22.9 Å². The fourth-order valence-electron chi connectivity index (χ4n) is 1.43. The maximum absolute atomic E-state index is 13.2. The van der Waals surface area contributed by atoms with Crippen molar-refractivity contribution in [3.8, 4) is 0 Å². The van der Waals surface area contributed by atoms with Crippen molar-refractivity contribution in [3.63, 3.8) is 0 Å².